The smallest absolute Gasteiger partial charge is 0.255 e. The van der Waals surface area contributed by atoms with Crippen LogP contribution in [0.5, 0.6) is 0 Å². The summed E-state index contributed by atoms with van der Waals surface area (Å²) in [7, 11) is 0. The topological polar surface area (TPSA) is 56.6 Å². The molecule has 2 aromatic rings. The lowest BCUT2D eigenvalue weighted by Gasteiger charge is -2.49. The zero-order valence-corrected chi connectivity index (χ0v) is 18.1. The quantitative estimate of drug-likeness (QED) is 0.747. The number of hydrogen-bond acceptors (Lipinski definition) is 4. The Bertz CT molecular complexity index is 904. The summed E-state index contributed by atoms with van der Waals surface area (Å²) in [6.45, 7) is 5.39. The van der Waals surface area contributed by atoms with E-state index in [1.54, 1.807) is 0 Å². The Morgan fingerprint density at radius 3 is 2.57 bits per heavy atom. The number of para-hydroxylation sites is 1. The molecule has 0 N–H and O–H groups in total. The number of amides is 1. The van der Waals surface area contributed by atoms with Gasteiger partial charge in [-0.15, -0.1) is 12.4 Å². The number of anilines is 1. The number of rotatable bonds is 4. The van der Waals surface area contributed by atoms with Crippen LogP contribution in [0.1, 0.15) is 30.9 Å². The number of piperidine rings is 1. The first-order valence-electron chi connectivity index (χ1n) is 10.3. The molecule has 1 atom stereocenters. The largest absolute Gasteiger partial charge is 0.360 e. The zero-order valence-electron chi connectivity index (χ0n) is 17.3. The average molecular weight is 426 g/mol. The normalized spacial score (nSPS) is 21.1. The summed E-state index contributed by atoms with van der Waals surface area (Å²) in [6, 6.07) is 20.0. The summed E-state index contributed by atoms with van der Waals surface area (Å²) in [6.07, 6.45) is 2.37. The van der Waals surface area contributed by atoms with Gasteiger partial charge in [-0.05, 0) is 56.0 Å². The van der Waals surface area contributed by atoms with Crippen LogP contribution < -0.4 is 4.90 Å². The fourth-order valence-corrected chi connectivity index (χ4v) is 4.42. The highest BCUT2D eigenvalue weighted by atomic mass is 35.5. The highest BCUT2D eigenvalue weighted by Gasteiger charge is 2.45. The zero-order chi connectivity index (χ0) is 20.3. The number of carbonyl (C=O) groups excluding carboxylic acids is 1. The van der Waals surface area contributed by atoms with Gasteiger partial charge in [0.2, 0.25) is 0 Å². The van der Waals surface area contributed by atoms with E-state index in [1.807, 2.05) is 60.4 Å². The Labute approximate surface area is 184 Å². The van der Waals surface area contributed by atoms with E-state index in [0.717, 1.165) is 50.1 Å². The molecule has 0 aliphatic carbocycles. The van der Waals surface area contributed by atoms with E-state index in [1.165, 1.54) is 5.56 Å². The molecule has 0 radical (unpaired) electrons. The van der Waals surface area contributed by atoms with Crippen molar-refractivity contribution in [3.05, 3.63) is 65.7 Å². The van der Waals surface area contributed by atoms with Crippen LogP contribution in [-0.2, 0) is 16.0 Å². The van der Waals surface area contributed by atoms with Gasteiger partial charge in [0.05, 0.1) is 23.8 Å². The highest BCUT2D eigenvalue weighted by molar-refractivity contribution is 5.97. The van der Waals surface area contributed by atoms with Crippen LogP contribution in [0.4, 0.5) is 5.69 Å². The van der Waals surface area contributed by atoms with E-state index in [-0.39, 0.29) is 23.9 Å². The van der Waals surface area contributed by atoms with E-state index >= 15 is 0 Å². The molecule has 2 saturated heterocycles. The number of nitrogens with zero attached hydrogens (tertiary/aromatic N) is 3. The maximum absolute atomic E-state index is 12.7. The van der Waals surface area contributed by atoms with Crippen LogP contribution in [0, 0.1) is 11.3 Å². The Morgan fingerprint density at radius 2 is 1.87 bits per heavy atom. The van der Waals surface area contributed by atoms with Crippen molar-refractivity contribution in [1.29, 1.82) is 5.26 Å². The van der Waals surface area contributed by atoms with Gasteiger partial charge in [0.1, 0.15) is 6.10 Å². The molecule has 0 saturated carbocycles. The standard InChI is InChI=1S/C24H27N3O2.ClH/c1-19-23(28)27(22-8-3-2-4-9-22)18-24(29-19)11-14-26(15-12-24)13-10-20-6-5-7-21(16-20)17-25;/h2-9,16,19H,10-15,18H2,1H3;1H. The van der Waals surface area contributed by atoms with Crippen LogP contribution >= 0.6 is 12.4 Å². The molecule has 2 fully saturated rings. The maximum atomic E-state index is 12.7. The van der Waals surface area contributed by atoms with Crippen molar-refractivity contribution in [3.63, 3.8) is 0 Å². The highest BCUT2D eigenvalue weighted by Crippen LogP contribution is 2.35. The SMILES string of the molecule is CC1OC2(CCN(CCc3cccc(C#N)c3)CC2)CN(c2ccccc2)C1=O.Cl. The molecular weight excluding hydrogens is 398 g/mol. The van der Waals surface area contributed by atoms with Crippen LogP contribution in [0.3, 0.4) is 0 Å². The fourth-order valence-electron chi connectivity index (χ4n) is 4.42. The fraction of sp³-hybridized carbons (Fsp3) is 0.417. The van der Waals surface area contributed by atoms with Gasteiger partial charge in [-0.25, -0.2) is 0 Å². The minimum atomic E-state index is -0.413. The molecule has 1 unspecified atom stereocenters. The molecule has 0 bridgehead atoms. The first-order valence-corrected chi connectivity index (χ1v) is 10.3. The Morgan fingerprint density at radius 1 is 1.13 bits per heavy atom. The Balaban J connectivity index is 0.00000256. The number of likely N-dealkylation sites (tertiary alicyclic amines) is 1. The number of halogens is 1. The summed E-state index contributed by atoms with van der Waals surface area (Å²) in [4.78, 5) is 17.1. The average Bonchev–Trinajstić information content (AvgIpc) is 2.77. The number of benzene rings is 2. The molecule has 2 aliphatic rings. The second-order valence-electron chi connectivity index (χ2n) is 8.11. The molecule has 1 amide bonds. The van der Waals surface area contributed by atoms with Gasteiger partial charge in [0, 0.05) is 25.3 Å². The van der Waals surface area contributed by atoms with E-state index in [2.05, 4.69) is 17.0 Å². The molecule has 158 valence electrons. The minimum Gasteiger partial charge on any atom is -0.360 e. The maximum Gasteiger partial charge on any atom is 0.255 e. The van der Waals surface area contributed by atoms with Crippen LogP contribution in [0.25, 0.3) is 0 Å². The summed E-state index contributed by atoms with van der Waals surface area (Å²) in [5.74, 6) is 0.0432. The van der Waals surface area contributed by atoms with E-state index < -0.39 is 6.10 Å². The monoisotopic (exact) mass is 425 g/mol. The number of nitriles is 1. The van der Waals surface area contributed by atoms with Gasteiger partial charge >= 0.3 is 0 Å². The lowest BCUT2D eigenvalue weighted by atomic mass is 9.88. The van der Waals surface area contributed by atoms with Crippen molar-refractivity contribution in [2.75, 3.05) is 31.1 Å². The van der Waals surface area contributed by atoms with Crippen molar-refractivity contribution in [2.45, 2.75) is 37.9 Å². The number of ether oxygens (including phenoxy) is 1. The van der Waals surface area contributed by atoms with Gasteiger partial charge in [-0.2, -0.15) is 5.26 Å². The molecule has 2 aliphatic heterocycles. The van der Waals surface area contributed by atoms with Crippen molar-refractivity contribution in [1.82, 2.24) is 4.90 Å². The van der Waals surface area contributed by atoms with Crippen LogP contribution in [0.15, 0.2) is 54.6 Å². The first kappa shape index (κ1) is 22.3. The lowest BCUT2D eigenvalue weighted by molar-refractivity contribution is -0.161. The van der Waals surface area contributed by atoms with Crippen molar-refractivity contribution >= 4 is 24.0 Å². The van der Waals surface area contributed by atoms with E-state index in [9.17, 15) is 4.79 Å². The van der Waals surface area contributed by atoms with Gasteiger partial charge in [-0.1, -0.05) is 30.3 Å². The molecule has 30 heavy (non-hydrogen) atoms. The predicted molar refractivity (Wildman–Crippen MR) is 120 cm³/mol. The van der Waals surface area contributed by atoms with Gasteiger partial charge < -0.3 is 14.5 Å². The first-order chi connectivity index (χ1) is 14.1. The second kappa shape index (κ2) is 9.61. The van der Waals surface area contributed by atoms with Gasteiger partial charge in [0.15, 0.2) is 0 Å². The Kier molecular flexibility index (Phi) is 7.14. The molecule has 1 spiro atoms. The third kappa shape index (κ3) is 4.84. The molecule has 4 rings (SSSR count). The third-order valence-corrected chi connectivity index (χ3v) is 6.09. The third-order valence-electron chi connectivity index (χ3n) is 6.09. The molecule has 2 aromatic carbocycles. The second-order valence-corrected chi connectivity index (χ2v) is 8.11. The van der Waals surface area contributed by atoms with E-state index in [0.29, 0.717) is 6.54 Å². The van der Waals surface area contributed by atoms with Crippen molar-refractivity contribution < 1.29 is 9.53 Å². The molecular formula is C24H28ClN3O2. The molecule has 2 heterocycles. The van der Waals surface area contributed by atoms with Crippen LogP contribution in [0.2, 0.25) is 0 Å². The molecule has 6 heteroatoms. The molecule has 5 nitrogen and oxygen atoms in total. The minimum absolute atomic E-state index is 0. The summed E-state index contributed by atoms with van der Waals surface area (Å²) >= 11 is 0. The van der Waals surface area contributed by atoms with Crippen molar-refractivity contribution in [2.24, 2.45) is 0 Å². The van der Waals surface area contributed by atoms with E-state index in [4.69, 9.17) is 10.00 Å². The summed E-state index contributed by atoms with van der Waals surface area (Å²) in [5.41, 5.74) is 2.61. The number of morpholine rings is 1. The van der Waals surface area contributed by atoms with Gasteiger partial charge in [0.25, 0.3) is 5.91 Å². The number of hydrogen-bond donors (Lipinski definition) is 0. The summed E-state index contributed by atoms with van der Waals surface area (Å²) < 4.78 is 6.27. The lowest BCUT2D eigenvalue weighted by Crippen LogP contribution is -2.61. The van der Waals surface area contributed by atoms with Gasteiger partial charge in [-0.3, -0.25) is 4.79 Å². The summed E-state index contributed by atoms with van der Waals surface area (Å²) in [5, 5.41) is 9.06. The molecule has 0 aromatic heterocycles. The van der Waals surface area contributed by atoms with Crippen LogP contribution in [-0.4, -0.2) is 48.7 Å². The predicted octanol–water partition coefficient (Wildman–Crippen LogP) is 3.81. The van der Waals surface area contributed by atoms with Crippen molar-refractivity contribution in [3.8, 4) is 6.07 Å². The number of carbonyl (C=O) groups is 1. The Hall–Kier alpha value is -2.39.